The summed E-state index contributed by atoms with van der Waals surface area (Å²) in [6, 6.07) is 0. The van der Waals surface area contributed by atoms with E-state index in [1.54, 1.807) is 0 Å². The maximum absolute atomic E-state index is 12.3. The van der Waals surface area contributed by atoms with Crippen LogP contribution >= 0.6 is 0 Å². The van der Waals surface area contributed by atoms with E-state index in [1.807, 2.05) is 13.8 Å². The van der Waals surface area contributed by atoms with Gasteiger partial charge >= 0.3 is 12.5 Å². The molecule has 0 atom stereocenters. The lowest BCUT2D eigenvalue weighted by atomic mass is 10.2. The molecule has 0 spiro atoms. The third-order valence-electron chi connectivity index (χ3n) is 1.73. The number of aryl methyl sites for hydroxylation is 1. The van der Waals surface area contributed by atoms with Crippen LogP contribution in [-0.2, 0) is 18.9 Å². The zero-order chi connectivity index (χ0) is 13.9. The molecular weight excluding hydrogens is 250 g/mol. The minimum atomic E-state index is -5.15. The van der Waals surface area contributed by atoms with Crippen LogP contribution in [0.3, 0.4) is 0 Å². The predicted octanol–water partition coefficient (Wildman–Crippen LogP) is 3.97. The van der Waals surface area contributed by atoms with Crippen LogP contribution in [0.15, 0.2) is 6.20 Å². The van der Waals surface area contributed by atoms with Gasteiger partial charge in [0.25, 0.3) is 0 Å². The first-order valence-electron chi connectivity index (χ1n) is 4.89. The Hall–Kier alpha value is -1.21. The van der Waals surface area contributed by atoms with Crippen molar-refractivity contribution in [2.45, 2.75) is 39.7 Å². The molecule has 100 valence electrons. The standard InChI is InChI=1S/C7H6F6N2.C2H6/c1-2-4-3-14-15(7(11,12)13)5(4)6(8,9)10;1-2/h3H,2H2,1H3;1-2H3. The fourth-order valence-electron chi connectivity index (χ4n) is 1.14. The van der Waals surface area contributed by atoms with Crippen molar-refractivity contribution in [1.82, 2.24) is 9.78 Å². The van der Waals surface area contributed by atoms with Gasteiger partial charge in [-0.25, -0.2) is 0 Å². The second kappa shape index (κ2) is 5.42. The van der Waals surface area contributed by atoms with Crippen LogP contribution in [0.1, 0.15) is 32.0 Å². The van der Waals surface area contributed by atoms with Gasteiger partial charge in [0.15, 0.2) is 5.69 Å². The maximum Gasteiger partial charge on any atom is 0.505 e. The average molecular weight is 262 g/mol. The van der Waals surface area contributed by atoms with Crippen LogP contribution in [0.25, 0.3) is 0 Å². The minimum absolute atomic E-state index is 0.162. The van der Waals surface area contributed by atoms with Crippen LogP contribution in [0.2, 0.25) is 0 Å². The van der Waals surface area contributed by atoms with Gasteiger partial charge in [-0.2, -0.15) is 23.0 Å². The molecule has 1 aromatic heterocycles. The van der Waals surface area contributed by atoms with Crippen molar-refractivity contribution in [2.24, 2.45) is 0 Å². The number of aromatic nitrogens is 2. The predicted molar refractivity (Wildman–Crippen MR) is 49.3 cm³/mol. The van der Waals surface area contributed by atoms with Crippen LogP contribution < -0.4 is 0 Å². The summed E-state index contributed by atoms with van der Waals surface area (Å²) in [5, 5.41) is 2.70. The first-order chi connectivity index (χ1) is 7.68. The lowest BCUT2D eigenvalue weighted by molar-refractivity contribution is -0.229. The molecule has 0 N–H and O–H groups in total. The van der Waals surface area contributed by atoms with Crippen LogP contribution in [0, 0.1) is 0 Å². The molecule has 2 nitrogen and oxygen atoms in total. The smallest absolute Gasteiger partial charge is 0.173 e. The van der Waals surface area contributed by atoms with Gasteiger partial charge in [-0.3, -0.25) is 0 Å². The Kier molecular flexibility index (Phi) is 5.03. The van der Waals surface area contributed by atoms with E-state index in [4.69, 9.17) is 0 Å². The molecule has 8 heteroatoms. The first kappa shape index (κ1) is 15.8. The summed E-state index contributed by atoms with van der Waals surface area (Å²) in [6.07, 6.45) is -9.79. The highest BCUT2D eigenvalue weighted by molar-refractivity contribution is 5.21. The second-order valence-electron chi connectivity index (χ2n) is 2.75. The number of hydrogen-bond acceptors (Lipinski definition) is 1. The zero-order valence-electron chi connectivity index (χ0n) is 9.45. The fraction of sp³-hybridized carbons (Fsp3) is 0.667. The molecule has 0 aliphatic carbocycles. The van der Waals surface area contributed by atoms with Crippen molar-refractivity contribution in [3.8, 4) is 0 Å². The third-order valence-corrected chi connectivity index (χ3v) is 1.73. The number of alkyl halides is 6. The van der Waals surface area contributed by atoms with E-state index >= 15 is 0 Å². The maximum atomic E-state index is 12.3. The molecule has 0 unspecified atom stereocenters. The van der Waals surface area contributed by atoms with Crippen molar-refractivity contribution >= 4 is 0 Å². The number of rotatable bonds is 1. The van der Waals surface area contributed by atoms with E-state index in [2.05, 4.69) is 5.10 Å². The molecule has 0 saturated heterocycles. The molecule has 0 fully saturated rings. The van der Waals surface area contributed by atoms with E-state index < -0.39 is 28.4 Å². The lowest BCUT2D eigenvalue weighted by Gasteiger charge is -2.13. The van der Waals surface area contributed by atoms with Gasteiger partial charge in [0, 0.05) is 5.56 Å². The molecule has 0 radical (unpaired) electrons. The van der Waals surface area contributed by atoms with Crippen molar-refractivity contribution in [3.05, 3.63) is 17.5 Å². The molecule has 1 heterocycles. The van der Waals surface area contributed by atoms with Crippen molar-refractivity contribution in [1.29, 1.82) is 0 Å². The molecule has 0 bridgehead atoms. The van der Waals surface area contributed by atoms with Gasteiger partial charge in [0.1, 0.15) is 0 Å². The molecule has 1 rings (SSSR count). The quantitative estimate of drug-likeness (QED) is 0.700. The van der Waals surface area contributed by atoms with E-state index in [0.717, 1.165) is 0 Å². The Balaban J connectivity index is 0.00000121. The van der Waals surface area contributed by atoms with Gasteiger partial charge < -0.3 is 0 Å². The van der Waals surface area contributed by atoms with Gasteiger partial charge in [0.2, 0.25) is 0 Å². The summed E-state index contributed by atoms with van der Waals surface area (Å²) < 4.78 is 72.3. The van der Waals surface area contributed by atoms with E-state index in [-0.39, 0.29) is 6.42 Å². The highest BCUT2D eigenvalue weighted by Crippen LogP contribution is 2.36. The summed E-state index contributed by atoms with van der Waals surface area (Å²) in [7, 11) is 0. The summed E-state index contributed by atoms with van der Waals surface area (Å²) in [5.74, 6) is 0. The Morgan fingerprint density at radius 2 is 1.59 bits per heavy atom. The Morgan fingerprint density at radius 3 is 1.88 bits per heavy atom. The van der Waals surface area contributed by atoms with Gasteiger partial charge in [-0.15, -0.1) is 13.2 Å². The van der Waals surface area contributed by atoms with Crippen LogP contribution in [0.5, 0.6) is 0 Å². The summed E-state index contributed by atoms with van der Waals surface area (Å²) in [6.45, 7) is 5.33. The zero-order valence-corrected chi connectivity index (χ0v) is 9.45. The highest BCUT2D eigenvalue weighted by Gasteiger charge is 2.45. The normalized spacial score (nSPS) is 12.1. The molecule has 0 saturated carbocycles. The number of hydrogen-bond donors (Lipinski definition) is 0. The molecular formula is C9H12F6N2. The van der Waals surface area contributed by atoms with Gasteiger partial charge in [0.05, 0.1) is 6.20 Å². The fourth-order valence-corrected chi connectivity index (χ4v) is 1.14. The Bertz CT molecular complexity index is 349. The van der Waals surface area contributed by atoms with Gasteiger partial charge in [-0.05, 0) is 6.42 Å². The molecule has 0 aliphatic rings. The highest BCUT2D eigenvalue weighted by atomic mass is 19.4. The monoisotopic (exact) mass is 262 g/mol. The molecule has 1 aromatic rings. The SMILES string of the molecule is CC.CCc1cnn(C(F)(F)F)c1C(F)(F)F. The molecule has 0 amide bonds. The van der Waals surface area contributed by atoms with Crippen molar-refractivity contribution in [3.63, 3.8) is 0 Å². The molecule has 0 aromatic carbocycles. The molecule has 17 heavy (non-hydrogen) atoms. The number of halogens is 6. The first-order valence-corrected chi connectivity index (χ1v) is 4.89. The minimum Gasteiger partial charge on any atom is -0.173 e. The third kappa shape index (κ3) is 3.64. The van der Waals surface area contributed by atoms with E-state index in [1.165, 1.54) is 6.92 Å². The Labute approximate surface area is 94.2 Å². The summed E-state index contributed by atoms with van der Waals surface area (Å²) >= 11 is 0. The van der Waals surface area contributed by atoms with Gasteiger partial charge in [-0.1, -0.05) is 20.8 Å². The van der Waals surface area contributed by atoms with E-state index in [9.17, 15) is 26.3 Å². The molecule has 0 aliphatic heterocycles. The average Bonchev–Trinajstić information content (AvgIpc) is 2.63. The topological polar surface area (TPSA) is 17.8 Å². The number of nitrogens with zero attached hydrogens (tertiary/aromatic N) is 2. The lowest BCUT2D eigenvalue weighted by Crippen LogP contribution is -2.26. The van der Waals surface area contributed by atoms with Crippen LogP contribution in [0.4, 0.5) is 26.3 Å². The summed E-state index contributed by atoms with van der Waals surface area (Å²) in [5.41, 5.74) is -2.22. The summed E-state index contributed by atoms with van der Waals surface area (Å²) in [4.78, 5) is 0. The van der Waals surface area contributed by atoms with Crippen molar-refractivity contribution < 1.29 is 26.3 Å². The van der Waals surface area contributed by atoms with Crippen LogP contribution in [-0.4, -0.2) is 9.78 Å². The van der Waals surface area contributed by atoms with Crippen molar-refractivity contribution in [2.75, 3.05) is 0 Å². The Morgan fingerprint density at radius 1 is 1.12 bits per heavy atom. The second-order valence-corrected chi connectivity index (χ2v) is 2.75. The largest absolute Gasteiger partial charge is 0.505 e. The van der Waals surface area contributed by atoms with E-state index in [0.29, 0.717) is 6.20 Å².